The van der Waals surface area contributed by atoms with E-state index in [-0.39, 0.29) is 16.6 Å². The van der Waals surface area contributed by atoms with Crippen molar-refractivity contribution < 1.29 is 9.47 Å². The molecule has 1 aliphatic heterocycles. The summed E-state index contributed by atoms with van der Waals surface area (Å²) in [5.41, 5.74) is 3.34. The largest absolute Gasteiger partial charge is 0.349 e. The highest BCUT2D eigenvalue weighted by molar-refractivity contribution is 5.44. The van der Waals surface area contributed by atoms with Crippen molar-refractivity contribution in [1.82, 2.24) is 0 Å². The van der Waals surface area contributed by atoms with Gasteiger partial charge in [0.05, 0.1) is 13.2 Å². The molecular formula is C16H24O2. The molecule has 2 aliphatic carbocycles. The second-order valence-electron chi connectivity index (χ2n) is 7.49. The van der Waals surface area contributed by atoms with E-state index in [0.29, 0.717) is 0 Å². The number of hydrogen-bond acceptors (Lipinski definition) is 2. The molecule has 2 heteroatoms. The van der Waals surface area contributed by atoms with Gasteiger partial charge in [0.1, 0.15) is 0 Å². The van der Waals surface area contributed by atoms with Crippen LogP contribution in [0.3, 0.4) is 0 Å². The number of hydrogen-bond donors (Lipinski definition) is 0. The standard InChI is InChI=1S/C16H24O2/c1-14(2)7-12-5-6-16(9-13(12)8-14)17-10-15(3,4)11-18-16/h7-8H,5-6,9-11H2,1-4H3. The molecule has 0 N–H and O–H groups in total. The van der Waals surface area contributed by atoms with Crippen LogP contribution in [0.25, 0.3) is 0 Å². The highest BCUT2D eigenvalue weighted by Crippen LogP contribution is 2.48. The topological polar surface area (TPSA) is 18.5 Å². The van der Waals surface area contributed by atoms with Gasteiger partial charge in [0.15, 0.2) is 5.79 Å². The minimum Gasteiger partial charge on any atom is -0.349 e. The smallest absolute Gasteiger partial charge is 0.172 e. The van der Waals surface area contributed by atoms with Gasteiger partial charge in [-0.3, -0.25) is 0 Å². The summed E-state index contributed by atoms with van der Waals surface area (Å²) in [5.74, 6) is -0.334. The highest BCUT2D eigenvalue weighted by Gasteiger charge is 2.45. The molecule has 3 rings (SSSR count). The van der Waals surface area contributed by atoms with Crippen LogP contribution in [-0.4, -0.2) is 19.0 Å². The van der Waals surface area contributed by atoms with Crippen LogP contribution in [0.5, 0.6) is 0 Å². The van der Waals surface area contributed by atoms with E-state index in [4.69, 9.17) is 9.47 Å². The lowest BCUT2D eigenvalue weighted by Gasteiger charge is -2.46. The van der Waals surface area contributed by atoms with Gasteiger partial charge in [-0.15, -0.1) is 0 Å². The van der Waals surface area contributed by atoms with Crippen molar-refractivity contribution in [3.63, 3.8) is 0 Å². The molecule has 18 heavy (non-hydrogen) atoms. The average Bonchev–Trinajstić information content (AvgIpc) is 2.56. The van der Waals surface area contributed by atoms with E-state index in [1.54, 1.807) is 0 Å². The summed E-state index contributed by atoms with van der Waals surface area (Å²) < 4.78 is 12.2. The molecule has 0 radical (unpaired) electrons. The normalized spacial score (nSPS) is 31.8. The summed E-state index contributed by atoms with van der Waals surface area (Å²) in [6.07, 6.45) is 7.81. The summed E-state index contributed by atoms with van der Waals surface area (Å²) in [7, 11) is 0. The van der Waals surface area contributed by atoms with Crippen LogP contribution < -0.4 is 0 Å². The molecule has 1 heterocycles. The molecule has 1 spiro atoms. The fourth-order valence-electron chi connectivity index (χ4n) is 3.21. The predicted molar refractivity (Wildman–Crippen MR) is 72.2 cm³/mol. The number of fused-ring (bicyclic) bond motifs is 1. The monoisotopic (exact) mass is 248 g/mol. The Kier molecular flexibility index (Phi) is 2.56. The SMILES string of the molecule is CC1(C)C=C2CCC3(CC2=C1)OCC(C)(C)CO3. The first-order valence-electron chi connectivity index (χ1n) is 7.01. The Bertz CT molecular complexity index is 416. The van der Waals surface area contributed by atoms with Crippen LogP contribution >= 0.6 is 0 Å². The molecule has 100 valence electrons. The minimum absolute atomic E-state index is 0.157. The first kappa shape index (κ1) is 12.4. The first-order valence-corrected chi connectivity index (χ1v) is 7.01. The third-order valence-electron chi connectivity index (χ3n) is 4.19. The molecule has 1 saturated heterocycles. The van der Waals surface area contributed by atoms with E-state index in [2.05, 4.69) is 39.8 Å². The van der Waals surface area contributed by atoms with Gasteiger partial charge in [-0.1, -0.05) is 39.8 Å². The molecular weight excluding hydrogens is 224 g/mol. The van der Waals surface area contributed by atoms with E-state index in [9.17, 15) is 0 Å². The third-order valence-corrected chi connectivity index (χ3v) is 4.19. The molecule has 0 atom stereocenters. The summed E-state index contributed by atoms with van der Waals surface area (Å²) in [6.45, 7) is 10.6. The predicted octanol–water partition coefficient (Wildman–Crippen LogP) is 3.83. The van der Waals surface area contributed by atoms with Crippen LogP contribution in [-0.2, 0) is 9.47 Å². The van der Waals surface area contributed by atoms with Crippen molar-refractivity contribution in [3.8, 4) is 0 Å². The van der Waals surface area contributed by atoms with E-state index in [1.807, 2.05) is 0 Å². The molecule has 1 saturated carbocycles. The maximum absolute atomic E-state index is 6.11. The number of allylic oxidation sites excluding steroid dienone is 3. The van der Waals surface area contributed by atoms with Crippen molar-refractivity contribution in [2.24, 2.45) is 10.8 Å². The van der Waals surface area contributed by atoms with Crippen LogP contribution in [0.4, 0.5) is 0 Å². The Morgan fingerprint density at radius 3 is 2.22 bits per heavy atom. The van der Waals surface area contributed by atoms with E-state index in [1.165, 1.54) is 11.1 Å². The second-order valence-corrected chi connectivity index (χ2v) is 7.49. The van der Waals surface area contributed by atoms with Crippen LogP contribution in [0.2, 0.25) is 0 Å². The van der Waals surface area contributed by atoms with Gasteiger partial charge in [-0.05, 0) is 17.6 Å². The fraction of sp³-hybridized carbons (Fsp3) is 0.750. The number of rotatable bonds is 0. The molecule has 0 aromatic carbocycles. The van der Waals surface area contributed by atoms with Crippen LogP contribution in [0.15, 0.2) is 23.3 Å². The Hall–Kier alpha value is -0.600. The molecule has 0 aromatic rings. The van der Waals surface area contributed by atoms with Gasteiger partial charge in [-0.2, -0.15) is 0 Å². The Labute approximate surface area is 110 Å². The molecule has 3 aliphatic rings. The minimum atomic E-state index is -0.334. The fourth-order valence-corrected chi connectivity index (χ4v) is 3.21. The third kappa shape index (κ3) is 2.17. The maximum Gasteiger partial charge on any atom is 0.172 e. The second kappa shape index (κ2) is 3.71. The Balaban J connectivity index is 1.78. The molecule has 0 unspecified atom stereocenters. The summed E-state index contributed by atoms with van der Waals surface area (Å²) in [6, 6.07) is 0. The molecule has 0 bridgehead atoms. The zero-order valence-electron chi connectivity index (χ0n) is 12.0. The van der Waals surface area contributed by atoms with Crippen molar-refractivity contribution in [3.05, 3.63) is 23.3 Å². The molecule has 2 fully saturated rings. The zero-order valence-corrected chi connectivity index (χ0v) is 12.0. The summed E-state index contributed by atoms with van der Waals surface area (Å²) in [5, 5.41) is 0. The van der Waals surface area contributed by atoms with E-state index in [0.717, 1.165) is 32.5 Å². The molecule has 0 aromatic heterocycles. The van der Waals surface area contributed by atoms with Gasteiger partial charge in [0, 0.05) is 23.7 Å². The van der Waals surface area contributed by atoms with E-state index >= 15 is 0 Å². The summed E-state index contributed by atoms with van der Waals surface area (Å²) >= 11 is 0. The van der Waals surface area contributed by atoms with Gasteiger partial charge < -0.3 is 9.47 Å². The zero-order chi connectivity index (χ0) is 13.0. The quantitative estimate of drug-likeness (QED) is 0.648. The van der Waals surface area contributed by atoms with Crippen molar-refractivity contribution in [2.75, 3.05) is 13.2 Å². The lowest BCUT2D eigenvalue weighted by molar-refractivity contribution is -0.302. The lowest BCUT2D eigenvalue weighted by atomic mass is 9.85. The first-order chi connectivity index (χ1) is 8.29. The maximum atomic E-state index is 6.11. The van der Waals surface area contributed by atoms with Gasteiger partial charge in [-0.25, -0.2) is 0 Å². The van der Waals surface area contributed by atoms with Gasteiger partial charge in [0.2, 0.25) is 0 Å². The molecule has 2 nitrogen and oxygen atoms in total. The Morgan fingerprint density at radius 2 is 1.56 bits per heavy atom. The van der Waals surface area contributed by atoms with Gasteiger partial charge in [0.25, 0.3) is 0 Å². The lowest BCUT2D eigenvalue weighted by Crippen LogP contribution is -2.49. The van der Waals surface area contributed by atoms with E-state index < -0.39 is 0 Å². The van der Waals surface area contributed by atoms with Crippen LogP contribution in [0, 0.1) is 10.8 Å². The number of ether oxygens (including phenoxy) is 2. The van der Waals surface area contributed by atoms with Gasteiger partial charge >= 0.3 is 0 Å². The van der Waals surface area contributed by atoms with Crippen molar-refractivity contribution in [2.45, 2.75) is 52.7 Å². The van der Waals surface area contributed by atoms with Crippen molar-refractivity contribution >= 4 is 0 Å². The van der Waals surface area contributed by atoms with Crippen LogP contribution in [0.1, 0.15) is 47.0 Å². The average molecular weight is 248 g/mol. The Morgan fingerprint density at radius 1 is 0.944 bits per heavy atom. The highest BCUT2D eigenvalue weighted by atomic mass is 16.7. The van der Waals surface area contributed by atoms with Crippen molar-refractivity contribution in [1.29, 1.82) is 0 Å². The summed E-state index contributed by atoms with van der Waals surface area (Å²) in [4.78, 5) is 0. The molecule has 0 amide bonds.